The second kappa shape index (κ2) is 4.38. The molecule has 2 heterocycles. The van der Waals surface area contributed by atoms with Crippen LogP contribution in [0.3, 0.4) is 0 Å². The Morgan fingerprint density at radius 2 is 2.47 bits per heavy atom. The summed E-state index contributed by atoms with van der Waals surface area (Å²) in [6, 6.07) is 0. The quantitative estimate of drug-likeness (QED) is 0.659. The van der Waals surface area contributed by atoms with Gasteiger partial charge >= 0.3 is 5.97 Å². The first-order chi connectivity index (χ1) is 8.09. The van der Waals surface area contributed by atoms with Gasteiger partial charge in [0.15, 0.2) is 5.72 Å². The Bertz CT molecular complexity index is 394. The van der Waals surface area contributed by atoms with E-state index < -0.39 is 11.7 Å². The summed E-state index contributed by atoms with van der Waals surface area (Å²) in [5, 5.41) is 3.10. The molecule has 2 aliphatic heterocycles. The van der Waals surface area contributed by atoms with Gasteiger partial charge in [0.1, 0.15) is 11.3 Å². The summed E-state index contributed by atoms with van der Waals surface area (Å²) in [6.45, 7) is 4.89. The van der Waals surface area contributed by atoms with Crippen molar-refractivity contribution in [3.8, 4) is 0 Å². The highest BCUT2D eigenvalue weighted by molar-refractivity contribution is 5.92. The molecule has 0 amide bonds. The lowest BCUT2D eigenvalue weighted by molar-refractivity contribution is -0.141. The maximum atomic E-state index is 11.9. The fourth-order valence-electron chi connectivity index (χ4n) is 2.00. The minimum absolute atomic E-state index is 0.0258. The van der Waals surface area contributed by atoms with Gasteiger partial charge in [0.25, 0.3) is 0 Å². The van der Waals surface area contributed by atoms with Gasteiger partial charge in [-0.25, -0.2) is 4.79 Å². The van der Waals surface area contributed by atoms with Gasteiger partial charge in [0.2, 0.25) is 5.88 Å². The van der Waals surface area contributed by atoms with Gasteiger partial charge in [0.05, 0.1) is 13.2 Å². The fraction of sp³-hybridized carbons (Fsp3) is 0.545. The number of rotatable bonds is 2. The zero-order valence-electron chi connectivity index (χ0n) is 9.91. The second-order valence-corrected chi connectivity index (χ2v) is 3.83. The highest BCUT2D eigenvalue weighted by Crippen LogP contribution is 2.32. The van der Waals surface area contributed by atoms with Crippen molar-refractivity contribution < 1.29 is 19.0 Å². The van der Waals surface area contributed by atoms with E-state index >= 15 is 0 Å². The third-order valence-corrected chi connectivity index (χ3v) is 2.59. The largest absolute Gasteiger partial charge is 0.462 e. The minimum atomic E-state index is -1.00. The average molecular weight is 240 g/mol. The van der Waals surface area contributed by atoms with E-state index in [1.54, 1.807) is 19.9 Å². The summed E-state index contributed by atoms with van der Waals surface area (Å²) in [4.78, 5) is 11.9. The van der Waals surface area contributed by atoms with Crippen LogP contribution < -0.4 is 11.1 Å². The molecule has 94 valence electrons. The van der Waals surface area contributed by atoms with E-state index in [9.17, 15) is 4.79 Å². The van der Waals surface area contributed by atoms with E-state index in [0.717, 1.165) is 0 Å². The molecule has 6 heteroatoms. The zero-order chi connectivity index (χ0) is 12.5. The highest BCUT2D eigenvalue weighted by atomic mass is 16.6. The Morgan fingerprint density at radius 3 is 3.06 bits per heavy atom. The van der Waals surface area contributed by atoms with Crippen LogP contribution in [0.5, 0.6) is 0 Å². The number of hydrogen-bond donors (Lipinski definition) is 2. The van der Waals surface area contributed by atoms with Crippen LogP contribution in [0.25, 0.3) is 0 Å². The summed E-state index contributed by atoms with van der Waals surface area (Å²) in [5.41, 5.74) is 4.93. The molecule has 3 N–H and O–H groups in total. The van der Waals surface area contributed by atoms with Crippen molar-refractivity contribution in [3.63, 3.8) is 0 Å². The molecule has 6 nitrogen and oxygen atoms in total. The van der Waals surface area contributed by atoms with Crippen LogP contribution in [-0.4, -0.2) is 31.5 Å². The molecule has 1 unspecified atom stereocenters. The third-order valence-electron chi connectivity index (χ3n) is 2.59. The van der Waals surface area contributed by atoms with Gasteiger partial charge < -0.3 is 19.9 Å². The first-order valence-corrected chi connectivity index (χ1v) is 5.52. The number of carbonyl (C=O) groups is 1. The summed E-state index contributed by atoms with van der Waals surface area (Å²) in [5.74, 6) is 0.0888. The fourth-order valence-corrected chi connectivity index (χ4v) is 2.00. The topological polar surface area (TPSA) is 82.8 Å². The summed E-state index contributed by atoms with van der Waals surface area (Å²) in [6.07, 6.45) is 1.70. The van der Waals surface area contributed by atoms with Gasteiger partial charge in [-0.2, -0.15) is 0 Å². The standard InChI is InChI=1S/C11H16N2O4/c1-3-15-10(14)8-9(12)17-7(2)6-11(8)13-4-5-16-11/h6,13H,3-5,12H2,1-2H3. The number of esters is 1. The summed E-state index contributed by atoms with van der Waals surface area (Å²) < 4.78 is 15.8. The maximum absolute atomic E-state index is 11.9. The first kappa shape index (κ1) is 11.9. The van der Waals surface area contributed by atoms with E-state index in [-0.39, 0.29) is 18.1 Å². The molecule has 2 aliphatic rings. The number of nitrogens with two attached hydrogens (primary N) is 1. The number of allylic oxidation sites excluding steroid dienone is 1. The van der Waals surface area contributed by atoms with Gasteiger partial charge in [-0.15, -0.1) is 0 Å². The molecular formula is C11H16N2O4. The number of hydrogen-bond acceptors (Lipinski definition) is 6. The molecule has 1 spiro atoms. The zero-order valence-corrected chi connectivity index (χ0v) is 9.91. The molecule has 0 aromatic rings. The van der Waals surface area contributed by atoms with Crippen LogP contribution in [0, 0.1) is 0 Å². The third kappa shape index (κ3) is 2.01. The van der Waals surface area contributed by atoms with E-state index in [0.29, 0.717) is 18.9 Å². The van der Waals surface area contributed by atoms with E-state index in [1.165, 1.54) is 0 Å². The Kier molecular flexibility index (Phi) is 3.08. The Hall–Kier alpha value is -1.53. The summed E-state index contributed by atoms with van der Waals surface area (Å²) in [7, 11) is 0. The van der Waals surface area contributed by atoms with Crippen LogP contribution in [0.15, 0.2) is 23.3 Å². The number of carbonyl (C=O) groups excluding carboxylic acids is 1. The van der Waals surface area contributed by atoms with Crippen molar-refractivity contribution in [1.29, 1.82) is 0 Å². The first-order valence-electron chi connectivity index (χ1n) is 5.52. The molecule has 0 aliphatic carbocycles. The molecular weight excluding hydrogens is 224 g/mol. The molecule has 0 aromatic heterocycles. The molecule has 0 radical (unpaired) electrons. The number of ether oxygens (including phenoxy) is 3. The van der Waals surface area contributed by atoms with Crippen LogP contribution >= 0.6 is 0 Å². The van der Waals surface area contributed by atoms with Crippen molar-refractivity contribution in [2.24, 2.45) is 5.73 Å². The molecule has 2 rings (SSSR count). The Balaban J connectivity index is 2.38. The molecule has 1 atom stereocenters. The van der Waals surface area contributed by atoms with Gasteiger partial charge in [-0.3, -0.25) is 5.32 Å². The van der Waals surface area contributed by atoms with Crippen LogP contribution in [0.2, 0.25) is 0 Å². The number of nitrogens with one attached hydrogen (secondary N) is 1. The highest BCUT2D eigenvalue weighted by Gasteiger charge is 2.46. The lowest BCUT2D eigenvalue weighted by Crippen LogP contribution is -2.48. The second-order valence-electron chi connectivity index (χ2n) is 3.83. The lowest BCUT2D eigenvalue weighted by atomic mass is 10.0. The van der Waals surface area contributed by atoms with Crippen molar-refractivity contribution in [1.82, 2.24) is 5.32 Å². The Labute approximate surface area is 99.4 Å². The molecule has 1 saturated heterocycles. The monoisotopic (exact) mass is 240 g/mol. The molecule has 1 fully saturated rings. The predicted octanol–water partition coefficient (Wildman–Crippen LogP) is -0.0301. The van der Waals surface area contributed by atoms with Crippen molar-refractivity contribution in [2.45, 2.75) is 19.6 Å². The van der Waals surface area contributed by atoms with E-state index in [1.807, 2.05) is 0 Å². The van der Waals surface area contributed by atoms with Crippen molar-refractivity contribution in [3.05, 3.63) is 23.3 Å². The van der Waals surface area contributed by atoms with Crippen LogP contribution in [-0.2, 0) is 19.0 Å². The summed E-state index contributed by atoms with van der Waals surface area (Å²) >= 11 is 0. The minimum Gasteiger partial charge on any atom is -0.462 e. The lowest BCUT2D eigenvalue weighted by Gasteiger charge is -2.31. The molecule has 0 saturated carbocycles. The average Bonchev–Trinajstić information content (AvgIpc) is 2.65. The Morgan fingerprint density at radius 1 is 1.71 bits per heavy atom. The predicted molar refractivity (Wildman–Crippen MR) is 59.4 cm³/mol. The van der Waals surface area contributed by atoms with E-state index in [4.69, 9.17) is 19.9 Å². The van der Waals surface area contributed by atoms with Crippen LogP contribution in [0.1, 0.15) is 13.8 Å². The molecule has 17 heavy (non-hydrogen) atoms. The van der Waals surface area contributed by atoms with Crippen molar-refractivity contribution >= 4 is 5.97 Å². The van der Waals surface area contributed by atoms with Gasteiger partial charge in [-0.05, 0) is 13.8 Å². The maximum Gasteiger partial charge on any atom is 0.344 e. The molecule has 0 bridgehead atoms. The van der Waals surface area contributed by atoms with Gasteiger partial charge in [-0.1, -0.05) is 0 Å². The van der Waals surface area contributed by atoms with E-state index in [2.05, 4.69) is 5.32 Å². The smallest absolute Gasteiger partial charge is 0.344 e. The van der Waals surface area contributed by atoms with Gasteiger partial charge in [0, 0.05) is 12.6 Å². The van der Waals surface area contributed by atoms with Crippen molar-refractivity contribution in [2.75, 3.05) is 19.8 Å². The SMILES string of the molecule is CCOC(=O)C1=C(N)OC(C)=CC12NCCO2. The molecule has 0 aromatic carbocycles. The van der Waals surface area contributed by atoms with Crippen LogP contribution in [0.4, 0.5) is 0 Å². The normalized spacial score (nSPS) is 28.0.